The topological polar surface area (TPSA) is 35.2 Å². The molecular weight excluding hydrogens is 380 g/mol. The van der Waals surface area contributed by atoms with E-state index in [1.165, 1.54) is 22.8 Å². The second-order valence-electron chi connectivity index (χ2n) is 4.67. The molecule has 0 saturated carbocycles. The molecule has 0 radical (unpaired) electrons. The summed E-state index contributed by atoms with van der Waals surface area (Å²) in [6, 6.07) is 0.836. The van der Waals surface area contributed by atoms with Crippen LogP contribution >= 0.6 is 23.7 Å². The first-order chi connectivity index (χ1) is 10.6. The maximum absolute atomic E-state index is 13.3. The molecule has 24 heavy (non-hydrogen) atoms. The fourth-order valence-corrected chi connectivity index (χ4v) is 2.83. The standard InChI is InChI=1S/C14H11F6NOS.ClH/c1-22-10-5-8(13(15,16)17)4-9(14(18,19)20)11(10)12(21)7-2-3-23-6-7;/h2-6,12H,21H2,1H3;1H/t12-;/m1./s1. The van der Waals surface area contributed by atoms with Gasteiger partial charge in [0.05, 0.1) is 24.3 Å². The average molecular weight is 392 g/mol. The summed E-state index contributed by atoms with van der Waals surface area (Å²) in [5, 5.41) is 3.14. The Balaban J connectivity index is 0.00000288. The van der Waals surface area contributed by atoms with Crippen molar-refractivity contribution in [3.63, 3.8) is 0 Å². The van der Waals surface area contributed by atoms with E-state index in [4.69, 9.17) is 10.5 Å². The molecule has 0 saturated heterocycles. The summed E-state index contributed by atoms with van der Waals surface area (Å²) in [6.45, 7) is 0. The number of hydrogen-bond donors (Lipinski definition) is 1. The Morgan fingerprint density at radius 3 is 2.12 bits per heavy atom. The summed E-state index contributed by atoms with van der Waals surface area (Å²) in [4.78, 5) is 0. The van der Waals surface area contributed by atoms with Gasteiger partial charge >= 0.3 is 12.4 Å². The van der Waals surface area contributed by atoms with Crippen molar-refractivity contribution in [3.8, 4) is 5.75 Å². The van der Waals surface area contributed by atoms with E-state index in [1.54, 1.807) is 5.38 Å². The fraction of sp³-hybridized carbons (Fsp3) is 0.286. The normalized spacial score (nSPS) is 13.3. The van der Waals surface area contributed by atoms with Crippen LogP contribution in [0.15, 0.2) is 29.0 Å². The molecule has 2 N–H and O–H groups in total. The summed E-state index contributed by atoms with van der Waals surface area (Å²) < 4.78 is 83.0. The van der Waals surface area contributed by atoms with Crippen molar-refractivity contribution in [2.45, 2.75) is 18.4 Å². The van der Waals surface area contributed by atoms with E-state index in [0.29, 0.717) is 11.6 Å². The van der Waals surface area contributed by atoms with Gasteiger partial charge in [0.2, 0.25) is 0 Å². The van der Waals surface area contributed by atoms with E-state index in [2.05, 4.69) is 0 Å². The van der Waals surface area contributed by atoms with Crippen LogP contribution in [0.2, 0.25) is 0 Å². The van der Waals surface area contributed by atoms with Gasteiger partial charge in [-0.3, -0.25) is 0 Å². The molecular formula is C14H12ClF6NOS. The third-order valence-corrected chi connectivity index (χ3v) is 3.91. The zero-order valence-electron chi connectivity index (χ0n) is 12.0. The number of methoxy groups -OCH3 is 1. The molecule has 2 aromatic rings. The van der Waals surface area contributed by atoms with E-state index < -0.39 is 40.8 Å². The third-order valence-electron chi connectivity index (χ3n) is 3.21. The number of nitrogens with two attached hydrogens (primary N) is 1. The van der Waals surface area contributed by atoms with Crippen LogP contribution in [0.25, 0.3) is 0 Å². The summed E-state index contributed by atoms with van der Waals surface area (Å²) in [5.74, 6) is -0.550. The molecule has 0 aliphatic rings. The second-order valence-corrected chi connectivity index (χ2v) is 5.45. The molecule has 0 bridgehead atoms. The molecule has 10 heteroatoms. The average Bonchev–Trinajstić information content (AvgIpc) is 2.97. The van der Waals surface area contributed by atoms with Gasteiger partial charge in [0.25, 0.3) is 0 Å². The summed E-state index contributed by atoms with van der Waals surface area (Å²) in [5.41, 5.74) is 2.78. The highest BCUT2D eigenvalue weighted by molar-refractivity contribution is 7.08. The lowest BCUT2D eigenvalue weighted by Gasteiger charge is -2.22. The SMILES string of the molecule is COc1cc(C(F)(F)F)cc(C(F)(F)F)c1[C@H](N)c1ccsc1.Cl. The Kier molecular flexibility index (Phi) is 6.18. The predicted molar refractivity (Wildman–Crippen MR) is 80.6 cm³/mol. The van der Waals surface area contributed by atoms with Gasteiger partial charge in [0.15, 0.2) is 0 Å². The lowest BCUT2D eigenvalue weighted by molar-refractivity contribution is -0.143. The molecule has 1 heterocycles. The molecule has 0 amide bonds. The highest BCUT2D eigenvalue weighted by Gasteiger charge is 2.41. The van der Waals surface area contributed by atoms with Crippen LogP contribution in [0.3, 0.4) is 0 Å². The minimum atomic E-state index is -5.00. The van der Waals surface area contributed by atoms with Gasteiger partial charge in [-0.15, -0.1) is 12.4 Å². The first-order valence-corrected chi connectivity index (χ1v) is 7.14. The molecule has 0 spiro atoms. The lowest BCUT2D eigenvalue weighted by Crippen LogP contribution is -2.21. The number of ether oxygens (including phenoxy) is 1. The number of benzene rings is 1. The molecule has 1 aromatic heterocycles. The van der Waals surface area contributed by atoms with Crippen LogP contribution in [-0.2, 0) is 12.4 Å². The van der Waals surface area contributed by atoms with Crippen molar-refractivity contribution in [1.29, 1.82) is 0 Å². The number of hydrogen-bond acceptors (Lipinski definition) is 3. The van der Waals surface area contributed by atoms with Gasteiger partial charge < -0.3 is 10.5 Å². The smallest absolute Gasteiger partial charge is 0.416 e. The molecule has 2 nitrogen and oxygen atoms in total. The molecule has 1 aromatic carbocycles. The number of alkyl halides is 6. The van der Waals surface area contributed by atoms with Gasteiger partial charge in [0.1, 0.15) is 5.75 Å². The van der Waals surface area contributed by atoms with E-state index in [0.717, 1.165) is 7.11 Å². The summed E-state index contributed by atoms with van der Waals surface area (Å²) >= 11 is 1.21. The summed E-state index contributed by atoms with van der Waals surface area (Å²) in [7, 11) is 0.999. The first-order valence-electron chi connectivity index (χ1n) is 6.19. The second kappa shape index (κ2) is 7.20. The van der Waals surface area contributed by atoms with Gasteiger partial charge in [-0.2, -0.15) is 37.7 Å². The van der Waals surface area contributed by atoms with Crippen molar-refractivity contribution < 1.29 is 31.1 Å². The fourth-order valence-electron chi connectivity index (χ4n) is 2.13. The van der Waals surface area contributed by atoms with Gasteiger partial charge in [-0.25, -0.2) is 0 Å². The van der Waals surface area contributed by atoms with E-state index in [-0.39, 0.29) is 18.5 Å². The number of rotatable bonds is 3. The monoisotopic (exact) mass is 391 g/mol. The zero-order chi connectivity index (χ0) is 17.4. The molecule has 0 aliphatic carbocycles. The highest BCUT2D eigenvalue weighted by Crippen LogP contribution is 2.44. The van der Waals surface area contributed by atoms with Crippen molar-refractivity contribution in [3.05, 3.63) is 51.2 Å². The largest absolute Gasteiger partial charge is 0.496 e. The van der Waals surface area contributed by atoms with Crippen molar-refractivity contribution in [2.75, 3.05) is 7.11 Å². The van der Waals surface area contributed by atoms with Gasteiger partial charge in [-0.1, -0.05) is 0 Å². The Hall–Kier alpha value is -1.45. The zero-order valence-corrected chi connectivity index (χ0v) is 13.7. The van der Waals surface area contributed by atoms with Crippen LogP contribution < -0.4 is 10.5 Å². The van der Waals surface area contributed by atoms with Crippen LogP contribution in [-0.4, -0.2) is 7.11 Å². The maximum Gasteiger partial charge on any atom is 0.416 e. The lowest BCUT2D eigenvalue weighted by atomic mass is 9.93. The van der Waals surface area contributed by atoms with E-state index in [1.807, 2.05) is 0 Å². The van der Waals surface area contributed by atoms with Crippen LogP contribution in [0, 0.1) is 0 Å². The van der Waals surface area contributed by atoms with Gasteiger partial charge in [-0.05, 0) is 34.5 Å². The van der Waals surface area contributed by atoms with Crippen LogP contribution in [0.4, 0.5) is 26.3 Å². The molecule has 0 aliphatic heterocycles. The van der Waals surface area contributed by atoms with Crippen LogP contribution in [0.1, 0.15) is 28.3 Å². The minimum absolute atomic E-state index is 0. The van der Waals surface area contributed by atoms with Crippen molar-refractivity contribution in [2.24, 2.45) is 5.73 Å². The highest BCUT2D eigenvalue weighted by atomic mass is 35.5. The number of halogens is 7. The Bertz CT molecular complexity index is 684. The summed E-state index contributed by atoms with van der Waals surface area (Å²) in [6.07, 6.45) is -9.93. The number of thiophene rings is 1. The van der Waals surface area contributed by atoms with Crippen molar-refractivity contribution in [1.82, 2.24) is 0 Å². The maximum atomic E-state index is 13.3. The Morgan fingerprint density at radius 2 is 1.71 bits per heavy atom. The molecule has 0 unspecified atom stereocenters. The molecule has 134 valence electrons. The van der Waals surface area contributed by atoms with Gasteiger partial charge in [0, 0.05) is 5.56 Å². The molecule has 1 atom stereocenters. The Morgan fingerprint density at radius 1 is 1.08 bits per heavy atom. The van der Waals surface area contributed by atoms with E-state index >= 15 is 0 Å². The first kappa shape index (κ1) is 20.6. The van der Waals surface area contributed by atoms with E-state index in [9.17, 15) is 26.3 Å². The predicted octanol–water partition coefficient (Wildman–Crippen LogP) is 5.26. The minimum Gasteiger partial charge on any atom is -0.496 e. The van der Waals surface area contributed by atoms with Crippen molar-refractivity contribution >= 4 is 23.7 Å². The third kappa shape index (κ3) is 4.14. The molecule has 2 rings (SSSR count). The Labute approximate surface area is 143 Å². The molecule has 0 fully saturated rings. The van der Waals surface area contributed by atoms with Crippen LogP contribution in [0.5, 0.6) is 5.75 Å². The quantitative estimate of drug-likeness (QED) is 0.724.